The number of hydrogen-bond donors (Lipinski definition) is 4. The molecule has 0 amide bonds. The van der Waals surface area contributed by atoms with Crippen LogP contribution in [0.5, 0.6) is 5.75 Å². The topological polar surface area (TPSA) is 112 Å². The number of hydrogen-bond acceptors (Lipinski definition) is 4. The Balaban J connectivity index is 2.13. The molecule has 0 radical (unpaired) electrons. The highest BCUT2D eigenvalue weighted by molar-refractivity contribution is 6.13. The van der Waals surface area contributed by atoms with Gasteiger partial charge in [0.25, 0.3) is 5.56 Å². The van der Waals surface area contributed by atoms with Crippen LogP contribution in [0.1, 0.15) is 24.0 Å². The third-order valence-electron chi connectivity index (χ3n) is 5.30. The van der Waals surface area contributed by atoms with Crippen LogP contribution in [0.25, 0.3) is 32.9 Å². The number of aromatic hydroxyl groups is 1. The zero-order chi connectivity index (χ0) is 20.0. The Labute approximate surface area is 160 Å². The molecule has 28 heavy (non-hydrogen) atoms. The molecule has 4 aromatic rings. The average Bonchev–Trinajstić information content (AvgIpc) is 2.68. The maximum atomic E-state index is 12.5. The lowest BCUT2D eigenvalue weighted by atomic mass is 9.93. The number of aromatic nitrogens is 2. The number of H-pyrrole nitrogens is 2. The van der Waals surface area contributed by atoms with Gasteiger partial charge in [-0.05, 0) is 42.1 Å². The zero-order valence-electron chi connectivity index (χ0n) is 15.7. The fourth-order valence-electron chi connectivity index (χ4n) is 3.70. The van der Waals surface area contributed by atoms with Crippen LogP contribution in [-0.4, -0.2) is 21.6 Å². The van der Waals surface area contributed by atoms with Crippen LogP contribution >= 0.6 is 0 Å². The summed E-state index contributed by atoms with van der Waals surface area (Å²) in [5.74, 6) is 0.314. The van der Waals surface area contributed by atoms with E-state index in [-0.39, 0.29) is 22.5 Å². The average molecular weight is 375 g/mol. The van der Waals surface area contributed by atoms with E-state index in [1.54, 1.807) is 13.0 Å². The predicted octanol–water partition coefficient (Wildman–Crippen LogP) is 3.11. The van der Waals surface area contributed by atoms with Crippen molar-refractivity contribution < 1.29 is 5.11 Å². The first-order valence-corrected chi connectivity index (χ1v) is 9.12. The lowest BCUT2D eigenvalue weighted by Gasteiger charge is -2.15. The molecular formula is C22H21N3O3. The summed E-state index contributed by atoms with van der Waals surface area (Å²) in [6.45, 7) is 4.41. The van der Waals surface area contributed by atoms with Crippen LogP contribution in [0.2, 0.25) is 0 Å². The van der Waals surface area contributed by atoms with Crippen molar-refractivity contribution in [1.82, 2.24) is 9.97 Å². The van der Waals surface area contributed by atoms with E-state index in [1.165, 1.54) is 12.3 Å². The van der Waals surface area contributed by atoms with Crippen LogP contribution in [0.15, 0.2) is 52.2 Å². The van der Waals surface area contributed by atoms with E-state index >= 15 is 0 Å². The molecule has 0 fully saturated rings. The molecule has 0 bridgehead atoms. The van der Waals surface area contributed by atoms with Crippen LogP contribution < -0.4 is 16.7 Å². The van der Waals surface area contributed by atoms with Gasteiger partial charge in [-0.15, -0.1) is 0 Å². The summed E-state index contributed by atoms with van der Waals surface area (Å²) in [5, 5.41) is 11.4. The molecule has 0 spiro atoms. The van der Waals surface area contributed by atoms with Crippen molar-refractivity contribution in [3.63, 3.8) is 0 Å². The second kappa shape index (κ2) is 6.65. The molecule has 142 valence electrons. The second-order valence-corrected chi connectivity index (χ2v) is 7.14. The maximum Gasteiger partial charge on any atom is 0.261 e. The van der Waals surface area contributed by atoms with Crippen molar-refractivity contribution in [3.8, 4) is 16.9 Å². The molecule has 6 heteroatoms. The molecule has 2 aromatic heterocycles. The summed E-state index contributed by atoms with van der Waals surface area (Å²) in [7, 11) is 0. The molecular weight excluding hydrogens is 354 g/mol. The molecule has 0 saturated carbocycles. The number of phenolic OH excluding ortho intramolecular Hbond substituents is 1. The van der Waals surface area contributed by atoms with Crippen molar-refractivity contribution in [2.75, 3.05) is 6.54 Å². The smallest absolute Gasteiger partial charge is 0.261 e. The largest absolute Gasteiger partial charge is 0.507 e. The number of rotatable bonds is 3. The third kappa shape index (κ3) is 2.70. The van der Waals surface area contributed by atoms with E-state index in [0.29, 0.717) is 34.1 Å². The summed E-state index contributed by atoms with van der Waals surface area (Å²) in [5.41, 5.74) is 9.12. The van der Waals surface area contributed by atoms with E-state index in [1.807, 2.05) is 24.3 Å². The van der Waals surface area contributed by atoms with E-state index < -0.39 is 5.56 Å². The standard InChI is InChI=1S/C22H21N3O3/c1-11-9-16(27)17(14-5-3-13(4-6-14)12(2)10-23)19-20(11)25-22(28)18-15(26)7-8-24-21(18)19/h3-9,12,27H,10,23H2,1-2H3,(H,24,26)(H,25,28). The van der Waals surface area contributed by atoms with Gasteiger partial charge in [0.2, 0.25) is 0 Å². The zero-order valence-corrected chi connectivity index (χ0v) is 15.7. The van der Waals surface area contributed by atoms with Crippen LogP contribution in [0.3, 0.4) is 0 Å². The quantitative estimate of drug-likeness (QED) is 0.412. The highest BCUT2D eigenvalue weighted by atomic mass is 16.3. The summed E-state index contributed by atoms with van der Waals surface area (Å²) in [6.07, 6.45) is 1.51. The summed E-state index contributed by atoms with van der Waals surface area (Å²) < 4.78 is 0. The fraction of sp³-hybridized carbons (Fsp3) is 0.182. The Bertz CT molecular complexity index is 1320. The van der Waals surface area contributed by atoms with Crippen molar-refractivity contribution in [3.05, 3.63) is 74.3 Å². The fourth-order valence-corrected chi connectivity index (χ4v) is 3.70. The Hall–Kier alpha value is -3.38. The highest BCUT2D eigenvalue weighted by Gasteiger charge is 2.18. The van der Waals surface area contributed by atoms with Gasteiger partial charge < -0.3 is 20.8 Å². The number of nitrogens with one attached hydrogen (secondary N) is 2. The van der Waals surface area contributed by atoms with Gasteiger partial charge in [-0.25, -0.2) is 0 Å². The third-order valence-corrected chi connectivity index (χ3v) is 5.30. The minimum Gasteiger partial charge on any atom is -0.507 e. The molecule has 0 aliphatic heterocycles. The minimum atomic E-state index is -0.448. The molecule has 5 N–H and O–H groups in total. The van der Waals surface area contributed by atoms with Crippen molar-refractivity contribution in [2.45, 2.75) is 19.8 Å². The minimum absolute atomic E-state index is 0.0506. The SMILES string of the molecule is Cc1cc(O)c(-c2ccc(C(C)CN)cc2)c2c1[nH]c(=O)c1c(=O)cc[nH]c12. The van der Waals surface area contributed by atoms with Crippen molar-refractivity contribution in [1.29, 1.82) is 0 Å². The molecule has 0 saturated heterocycles. The predicted molar refractivity (Wildman–Crippen MR) is 112 cm³/mol. The molecule has 2 heterocycles. The molecule has 0 aliphatic rings. The van der Waals surface area contributed by atoms with Gasteiger partial charge in [0, 0.05) is 23.2 Å². The summed E-state index contributed by atoms with van der Waals surface area (Å²) in [6, 6.07) is 10.7. The van der Waals surface area contributed by atoms with Crippen LogP contribution in [0.4, 0.5) is 0 Å². The van der Waals surface area contributed by atoms with Gasteiger partial charge in [0.1, 0.15) is 11.1 Å². The van der Waals surface area contributed by atoms with E-state index in [2.05, 4.69) is 16.9 Å². The number of nitrogens with two attached hydrogens (primary N) is 1. The van der Waals surface area contributed by atoms with Crippen LogP contribution in [-0.2, 0) is 0 Å². The highest BCUT2D eigenvalue weighted by Crippen LogP contribution is 2.39. The Morgan fingerprint density at radius 1 is 1.07 bits per heavy atom. The Morgan fingerprint density at radius 3 is 2.46 bits per heavy atom. The molecule has 6 nitrogen and oxygen atoms in total. The summed E-state index contributed by atoms with van der Waals surface area (Å²) >= 11 is 0. The Kier molecular flexibility index (Phi) is 4.28. The second-order valence-electron chi connectivity index (χ2n) is 7.14. The van der Waals surface area contributed by atoms with Gasteiger partial charge in [0.05, 0.1) is 11.0 Å². The van der Waals surface area contributed by atoms with Crippen molar-refractivity contribution in [2.24, 2.45) is 5.73 Å². The van der Waals surface area contributed by atoms with E-state index in [0.717, 1.165) is 11.1 Å². The molecule has 4 rings (SSSR count). The van der Waals surface area contributed by atoms with E-state index in [4.69, 9.17) is 5.73 Å². The lowest BCUT2D eigenvalue weighted by Crippen LogP contribution is -2.16. The molecule has 0 aliphatic carbocycles. The van der Waals surface area contributed by atoms with Gasteiger partial charge in [0.15, 0.2) is 5.43 Å². The van der Waals surface area contributed by atoms with Gasteiger partial charge in [-0.1, -0.05) is 31.2 Å². The normalized spacial score (nSPS) is 12.5. The number of benzene rings is 2. The first-order chi connectivity index (χ1) is 13.4. The number of pyridine rings is 2. The number of aryl methyl sites for hydroxylation is 1. The van der Waals surface area contributed by atoms with Gasteiger partial charge >= 0.3 is 0 Å². The molecule has 1 atom stereocenters. The lowest BCUT2D eigenvalue weighted by molar-refractivity contribution is 0.477. The Morgan fingerprint density at radius 2 is 1.79 bits per heavy atom. The first-order valence-electron chi connectivity index (χ1n) is 9.12. The van der Waals surface area contributed by atoms with Crippen molar-refractivity contribution >= 4 is 21.8 Å². The maximum absolute atomic E-state index is 12.5. The van der Waals surface area contributed by atoms with E-state index in [9.17, 15) is 14.7 Å². The number of fused-ring (bicyclic) bond motifs is 3. The van der Waals surface area contributed by atoms with Gasteiger partial charge in [-0.2, -0.15) is 0 Å². The molecule has 1 unspecified atom stereocenters. The first kappa shape index (κ1) is 18.0. The monoisotopic (exact) mass is 375 g/mol. The van der Waals surface area contributed by atoms with Gasteiger partial charge in [-0.3, -0.25) is 9.59 Å². The summed E-state index contributed by atoms with van der Waals surface area (Å²) in [4.78, 5) is 30.6. The molecule has 2 aromatic carbocycles. The van der Waals surface area contributed by atoms with Crippen LogP contribution in [0, 0.1) is 6.92 Å². The number of phenols is 1. The number of aromatic amines is 2.